The molecule has 0 saturated carbocycles. The molecule has 4 rings (SSSR count). The highest BCUT2D eigenvalue weighted by Crippen LogP contribution is 2.45. The van der Waals surface area contributed by atoms with Gasteiger partial charge in [-0.2, -0.15) is 10.6 Å². The first kappa shape index (κ1) is 18.3. The second-order valence-corrected chi connectivity index (χ2v) is 9.69. The van der Waals surface area contributed by atoms with Crippen LogP contribution in [0.2, 0.25) is 0 Å². The predicted molar refractivity (Wildman–Crippen MR) is 107 cm³/mol. The van der Waals surface area contributed by atoms with Crippen LogP contribution in [-0.2, 0) is 6.42 Å². The van der Waals surface area contributed by atoms with E-state index >= 15 is 0 Å². The van der Waals surface area contributed by atoms with Crippen molar-refractivity contribution in [3.8, 4) is 22.6 Å². The van der Waals surface area contributed by atoms with Gasteiger partial charge in [-0.3, -0.25) is 13.9 Å². The molecule has 0 amide bonds. The third kappa shape index (κ3) is 3.83. The summed E-state index contributed by atoms with van der Waals surface area (Å²) >= 11 is 0. The number of rotatable bonds is 3. The molecule has 2 aromatic carbocycles. The van der Waals surface area contributed by atoms with E-state index in [1.807, 2.05) is 25.1 Å². The summed E-state index contributed by atoms with van der Waals surface area (Å²) in [5, 5.41) is 0. The largest absolute Gasteiger partial charge is 0.493 e. The number of fused-ring (bicyclic) bond motifs is 3. The van der Waals surface area contributed by atoms with E-state index in [2.05, 4.69) is 6.07 Å². The molecule has 0 aliphatic carbocycles. The van der Waals surface area contributed by atoms with Crippen molar-refractivity contribution < 1.29 is 23.4 Å². The van der Waals surface area contributed by atoms with E-state index in [0.29, 0.717) is 36.5 Å². The predicted octanol–water partition coefficient (Wildman–Crippen LogP) is 4.70. The van der Waals surface area contributed by atoms with Gasteiger partial charge in [0.25, 0.3) is 0 Å². The Morgan fingerprint density at radius 3 is 2.70 bits per heavy atom. The molecule has 0 unspecified atom stereocenters. The fourth-order valence-corrected chi connectivity index (χ4v) is 5.37. The topological polar surface area (TPSA) is 76.0 Å². The lowest BCUT2D eigenvalue weighted by Crippen LogP contribution is -2.28. The SMILES string of the molecule is Cc1cc(OC2CCS(O)(O)CC2)cc2c1-c1cc(C=O)ccc1OCC2. The first-order chi connectivity index (χ1) is 12.9. The molecule has 5 nitrogen and oxygen atoms in total. The van der Waals surface area contributed by atoms with E-state index in [1.165, 1.54) is 0 Å². The molecule has 1 saturated heterocycles. The van der Waals surface area contributed by atoms with Gasteiger partial charge in [-0.05, 0) is 53.9 Å². The molecule has 0 bridgehead atoms. The Morgan fingerprint density at radius 1 is 1.19 bits per heavy atom. The molecule has 0 spiro atoms. The van der Waals surface area contributed by atoms with Crippen molar-refractivity contribution in [2.75, 3.05) is 18.1 Å². The Morgan fingerprint density at radius 2 is 1.96 bits per heavy atom. The maximum absolute atomic E-state index is 11.2. The molecule has 6 heteroatoms. The Hall–Kier alpha value is -2.02. The lowest BCUT2D eigenvalue weighted by molar-refractivity contribution is 0.112. The summed E-state index contributed by atoms with van der Waals surface area (Å²) < 4.78 is 31.6. The van der Waals surface area contributed by atoms with Crippen molar-refractivity contribution in [3.05, 3.63) is 47.0 Å². The minimum absolute atomic E-state index is 0.0124. The lowest BCUT2D eigenvalue weighted by atomic mass is 9.92. The van der Waals surface area contributed by atoms with Gasteiger partial charge in [0.15, 0.2) is 0 Å². The zero-order valence-electron chi connectivity index (χ0n) is 15.3. The fraction of sp³-hybridized carbons (Fsp3) is 0.381. The van der Waals surface area contributed by atoms with Crippen LogP contribution in [0.1, 0.15) is 34.3 Å². The van der Waals surface area contributed by atoms with Gasteiger partial charge in [-0.15, -0.1) is 0 Å². The average Bonchev–Trinajstić information content (AvgIpc) is 2.82. The van der Waals surface area contributed by atoms with E-state index in [4.69, 9.17) is 9.47 Å². The zero-order chi connectivity index (χ0) is 19.0. The normalized spacial score (nSPS) is 19.8. The maximum atomic E-state index is 11.2. The van der Waals surface area contributed by atoms with Gasteiger partial charge in [0.1, 0.15) is 23.9 Å². The smallest absolute Gasteiger partial charge is 0.150 e. The highest BCUT2D eigenvalue weighted by molar-refractivity contribution is 8.24. The van der Waals surface area contributed by atoms with Crippen LogP contribution in [0.5, 0.6) is 11.5 Å². The lowest BCUT2D eigenvalue weighted by Gasteiger charge is -2.39. The minimum atomic E-state index is -2.40. The molecule has 2 aromatic rings. The molecular weight excluding hydrogens is 364 g/mol. The zero-order valence-corrected chi connectivity index (χ0v) is 16.1. The Labute approximate surface area is 160 Å². The van der Waals surface area contributed by atoms with Gasteiger partial charge in [-0.25, -0.2) is 0 Å². The van der Waals surface area contributed by atoms with Gasteiger partial charge < -0.3 is 9.47 Å². The number of benzene rings is 2. The van der Waals surface area contributed by atoms with Crippen LogP contribution in [0.25, 0.3) is 11.1 Å². The van der Waals surface area contributed by atoms with Gasteiger partial charge >= 0.3 is 0 Å². The van der Waals surface area contributed by atoms with Crippen LogP contribution in [0.15, 0.2) is 30.3 Å². The second-order valence-electron chi connectivity index (χ2n) is 7.27. The van der Waals surface area contributed by atoms with Crippen LogP contribution < -0.4 is 9.47 Å². The third-order valence-electron chi connectivity index (χ3n) is 5.26. The van der Waals surface area contributed by atoms with Crippen LogP contribution in [0.3, 0.4) is 0 Å². The molecule has 144 valence electrons. The van der Waals surface area contributed by atoms with Crippen molar-refractivity contribution in [3.63, 3.8) is 0 Å². The summed E-state index contributed by atoms with van der Waals surface area (Å²) in [4.78, 5) is 11.2. The molecule has 2 aliphatic rings. The maximum Gasteiger partial charge on any atom is 0.150 e. The molecule has 1 fully saturated rings. The summed E-state index contributed by atoms with van der Waals surface area (Å²) in [5.74, 6) is 2.44. The number of ether oxygens (including phenoxy) is 2. The van der Waals surface area contributed by atoms with Crippen LogP contribution in [-0.4, -0.2) is 39.6 Å². The van der Waals surface area contributed by atoms with E-state index in [0.717, 1.165) is 46.5 Å². The molecule has 0 aromatic heterocycles. The molecule has 2 N–H and O–H groups in total. The van der Waals surface area contributed by atoms with Crippen molar-refractivity contribution in [2.24, 2.45) is 0 Å². The van der Waals surface area contributed by atoms with Crippen molar-refractivity contribution in [1.82, 2.24) is 0 Å². The molecule has 2 aliphatic heterocycles. The molecule has 0 radical (unpaired) electrons. The summed E-state index contributed by atoms with van der Waals surface area (Å²) in [6.07, 6.45) is 2.95. The highest BCUT2D eigenvalue weighted by atomic mass is 32.3. The van der Waals surface area contributed by atoms with Crippen LogP contribution >= 0.6 is 10.6 Å². The number of aryl methyl sites for hydroxylation is 1. The summed E-state index contributed by atoms with van der Waals surface area (Å²) in [6, 6.07) is 9.59. The third-order valence-corrected chi connectivity index (χ3v) is 7.04. The van der Waals surface area contributed by atoms with E-state index in [9.17, 15) is 13.9 Å². The van der Waals surface area contributed by atoms with Gasteiger partial charge in [0.05, 0.1) is 6.61 Å². The Balaban J connectivity index is 1.65. The second kappa shape index (κ2) is 7.19. The average molecular weight is 388 g/mol. The van der Waals surface area contributed by atoms with Gasteiger partial charge in [0.2, 0.25) is 0 Å². The van der Waals surface area contributed by atoms with Crippen LogP contribution in [0, 0.1) is 6.92 Å². The standard InChI is InChI=1S/C21H24O5S/c1-14-10-18(26-17-5-8-27(23,24)9-6-17)12-16-4-7-25-20-3-2-15(13-22)11-19(20)21(14)16/h2-3,10-13,17,23-24H,4-9H2,1H3. The van der Waals surface area contributed by atoms with E-state index in [1.54, 1.807) is 6.07 Å². The van der Waals surface area contributed by atoms with Crippen LogP contribution in [0.4, 0.5) is 0 Å². The van der Waals surface area contributed by atoms with Crippen molar-refractivity contribution in [1.29, 1.82) is 0 Å². The number of hydrogen-bond acceptors (Lipinski definition) is 5. The molecule has 27 heavy (non-hydrogen) atoms. The first-order valence-corrected chi connectivity index (χ1v) is 11.1. The Bertz CT molecular complexity index is 867. The number of aldehydes is 1. The molecule has 0 atom stereocenters. The minimum Gasteiger partial charge on any atom is -0.493 e. The van der Waals surface area contributed by atoms with Crippen molar-refractivity contribution >= 4 is 16.9 Å². The van der Waals surface area contributed by atoms with E-state index in [-0.39, 0.29) is 6.10 Å². The van der Waals surface area contributed by atoms with E-state index < -0.39 is 10.6 Å². The number of hydrogen-bond donors (Lipinski definition) is 2. The summed E-state index contributed by atoms with van der Waals surface area (Å²) in [7, 11) is -2.40. The monoisotopic (exact) mass is 388 g/mol. The summed E-state index contributed by atoms with van der Waals surface area (Å²) in [5.41, 5.74) is 4.91. The quantitative estimate of drug-likeness (QED) is 0.745. The first-order valence-electron chi connectivity index (χ1n) is 9.21. The fourth-order valence-electron chi connectivity index (χ4n) is 3.89. The van der Waals surface area contributed by atoms with Crippen molar-refractivity contribution in [2.45, 2.75) is 32.3 Å². The molecular formula is C21H24O5S. The number of carbonyl (C=O) groups is 1. The number of carbonyl (C=O) groups excluding carboxylic acids is 1. The van der Waals surface area contributed by atoms with Gasteiger partial charge in [-0.1, -0.05) is 0 Å². The summed E-state index contributed by atoms with van der Waals surface area (Å²) in [6.45, 7) is 2.62. The van der Waals surface area contributed by atoms with Gasteiger partial charge in [0, 0.05) is 41.9 Å². The Kier molecular flexibility index (Phi) is 4.88. The molecule has 2 heterocycles. The highest BCUT2D eigenvalue weighted by Gasteiger charge is 2.26.